The first-order valence-corrected chi connectivity index (χ1v) is 4.77. The van der Waals surface area contributed by atoms with E-state index in [1.54, 1.807) is 7.11 Å². The first-order chi connectivity index (χ1) is 6.74. The van der Waals surface area contributed by atoms with E-state index in [2.05, 4.69) is 10.6 Å². The van der Waals surface area contributed by atoms with Gasteiger partial charge in [0.15, 0.2) is 0 Å². The zero-order chi connectivity index (χ0) is 10.4. The summed E-state index contributed by atoms with van der Waals surface area (Å²) in [5, 5.41) is 5.40. The molecule has 5 heteroatoms. The van der Waals surface area contributed by atoms with E-state index in [0.29, 0.717) is 26.1 Å². The molecular weight excluding hydrogens is 184 g/mol. The molecule has 0 spiro atoms. The van der Waals surface area contributed by atoms with Crippen LogP contribution in [-0.2, 0) is 14.3 Å². The quantitative estimate of drug-likeness (QED) is 0.575. The maximum atomic E-state index is 11.4. The second kappa shape index (κ2) is 5.59. The number of rotatable bonds is 5. The minimum Gasteiger partial charge on any atom is -0.385 e. The molecule has 0 aliphatic carbocycles. The van der Waals surface area contributed by atoms with Gasteiger partial charge in [0.25, 0.3) is 0 Å². The Morgan fingerprint density at radius 3 is 3.07 bits per heavy atom. The molecule has 80 valence electrons. The predicted molar refractivity (Wildman–Crippen MR) is 50.6 cm³/mol. The van der Waals surface area contributed by atoms with Crippen molar-refractivity contribution in [3.63, 3.8) is 0 Å². The van der Waals surface area contributed by atoms with Crippen LogP contribution in [0.3, 0.4) is 0 Å². The Kier molecular flexibility index (Phi) is 4.39. The van der Waals surface area contributed by atoms with Crippen molar-refractivity contribution < 1.29 is 14.3 Å². The van der Waals surface area contributed by atoms with Crippen LogP contribution in [0.4, 0.5) is 0 Å². The van der Waals surface area contributed by atoms with Gasteiger partial charge in [0, 0.05) is 33.2 Å². The molecular formula is C9H16N2O3. The second-order valence-electron chi connectivity index (χ2n) is 3.34. The van der Waals surface area contributed by atoms with Crippen LogP contribution in [0.25, 0.3) is 0 Å². The van der Waals surface area contributed by atoms with Crippen molar-refractivity contribution in [2.75, 3.05) is 26.8 Å². The summed E-state index contributed by atoms with van der Waals surface area (Å²) in [7, 11) is 1.63. The fourth-order valence-electron chi connectivity index (χ4n) is 1.36. The third-order valence-corrected chi connectivity index (χ3v) is 2.17. The molecule has 14 heavy (non-hydrogen) atoms. The van der Waals surface area contributed by atoms with Crippen molar-refractivity contribution in [2.24, 2.45) is 5.92 Å². The maximum absolute atomic E-state index is 11.4. The van der Waals surface area contributed by atoms with Gasteiger partial charge < -0.3 is 15.4 Å². The highest BCUT2D eigenvalue weighted by Crippen LogP contribution is 2.08. The Hall–Kier alpha value is -1.10. The molecule has 0 aromatic rings. The highest BCUT2D eigenvalue weighted by Gasteiger charge is 2.27. The largest absolute Gasteiger partial charge is 0.385 e. The van der Waals surface area contributed by atoms with Gasteiger partial charge in [0.05, 0.1) is 5.92 Å². The van der Waals surface area contributed by atoms with Crippen LogP contribution in [0.5, 0.6) is 0 Å². The molecule has 1 fully saturated rings. The lowest BCUT2D eigenvalue weighted by molar-refractivity contribution is -0.126. The highest BCUT2D eigenvalue weighted by atomic mass is 16.5. The van der Waals surface area contributed by atoms with Gasteiger partial charge in [-0.15, -0.1) is 0 Å². The molecule has 0 saturated carbocycles. The van der Waals surface area contributed by atoms with Crippen molar-refractivity contribution >= 4 is 11.8 Å². The summed E-state index contributed by atoms with van der Waals surface area (Å²) >= 11 is 0. The molecule has 0 bridgehead atoms. The molecule has 0 radical (unpaired) electrons. The van der Waals surface area contributed by atoms with Crippen molar-refractivity contribution in [1.82, 2.24) is 10.6 Å². The molecule has 1 saturated heterocycles. The number of carbonyl (C=O) groups is 2. The summed E-state index contributed by atoms with van der Waals surface area (Å²) in [6, 6.07) is 0. The van der Waals surface area contributed by atoms with Gasteiger partial charge in [0.1, 0.15) is 0 Å². The summed E-state index contributed by atoms with van der Waals surface area (Å²) in [6.45, 7) is 1.72. The first kappa shape index (κ1) is 11.0. The normalized spacial score (nSPS) is 20.6. The van der Waals surface area contributed by atoms with Crippen molar-refractivity contribution in [1.29, 1.82) is 0 Å². The number of amides is 2. The number of hydrogen-bond acceptors (Lipinski definition) is 3. The lowest BCUT2D eigenvalue weighted by atomic mass is 10.1. The molecule has 1 heterocycles. The van der Waals surface area contributed by atoms with E-state index < -0.39 is 0 Å². The lowest BCUT2D eigenvalue weighted by Crippen LogP contribution is -2.32. The van der Waals surface area contributed by atoms with E-state index in [1.165, 1.54) is 0 Å². The fraction of sp³-hybridized carbons (Fsp3) is 0.778. The smallest absolute Gasteiger partial charge is 0.225 e. The van der Waals surface area contributed by atoms with E-state index in [-0.39, 0.29) is 17.7 Å². The molecule has 1 aliphatic heterocycles. The summed E-state index contributed by atoms with van der Waals surface area (Å²) in [4.78, 5) is 22.2. The van der Waals surface area contributed by atoms with Gasteiger partial charge in [-0.05, 0) is 6.42 Å². The van der Waals surface area contributed by atoms with E-state index >= 15 is 0 Å². The number of nitrogens with one attached hydrogen (secondary N) is 2. The number of carbonyl (C=O) groups excluding carboxylic acids is 2. The molecule has 5 nitrogen and oxygen atoms in total. The fourth-order valence-corrected chi connectivity index (χ4v) is 1.36. The van der Waals surface area contributed by atoms with Crippen molar-refractivity contribution in [3.8, 4) is 0 Å². The van der Waals surface area contributed by atoms with Crippen LogP contribution in [0.2, 0.25) is 0 Å². The number of ether oxygens (including phenoxy) is 1. The molecule has 0 aromatic carbocycles. The van der Waals surface area contributed by atoms with Crippen LogP contribution >= 0.6 is 0 Å². The summed E-state index contributed by atoms with van der Waals surface area (Å²) in [6.07, 6.45) is 1.12. The number of methoxy groups -OCH3 is 1. The Morgan fingerprint density at radius 1 is 1.71 bits per heavy atom. The van der Waals surface area contributed by atoms with Gasteiger partial charge >= 0.3 is 0 Å². The molecule has 1 rings (SSSR count). The topological polar surface area (TPSA) is 67.4 Å². The van der Waals surface area contributed by atoms with Gasteiger partial charge in [-0.3, -0.25) is 9.59 Å². The molecule has 1 atom stereocenters. The van der Waals surface area contributed by atoms with Gasteiger partial charge in [0.2, 0.25) is 11.8 Å². The van der Waals surface area contributed by atoms with Crippen molar-refractivity contribution in [2.45, 2.75) is 12.8 Å². The van der Waals surface area contributed by atoms with Gasteiger partial charge in [-0.1, -0.05) is 0 Å². The monoisotopic (exact) mass is 200 g/mol. The van der Waals surface area contributed by atoms with Crippen LogP contribution in [0.1, 0.15) is 12.8 Å². The van der Waals surface area contributed by atoms with Gasteiger partial charge in [-0.25, -0.2) is 0 Å². The number of hydrogen-bond donors (Lipinski definition) is 2. The Morgan fingerprint density at radius 2 is 2.50 bits per heavy atom. The van der Waals surface area contributed by atoms with Crippen LogP contribution in [0, 0.1) is 5.92 Å². The lowest BCUT2D eigenvalue weighted by Gasteiger charge is -2.08. The minimum atomic E-state index is -0.190. The third kappa shape index (κ3) is 3.33. The highest BCUT2D eigenvalue weighted by molar-refractivity contribution is 5.89. The first-order valence-electron chi connectivity index (χ1n) is 4.77. The van der Waals surface area contributed by atoms with Crippen LogP contribution in [-0.4, -0.2) is 38.6 Å². The summed E-state index contributed by atoms with van der Waals surface area (Å²) in [5.41, 5.74) is 0. The van der Waals surface area contributed by atoms with Crippen LogP contribution in [0.15, 0.2) is 0 Å². The molecule has 0 aromatic heterocycles. The average molecular weight is 200 g/mol. The second-order valence-corrected chi connectivity index (χ2v) is 3.34. The average Bonchev–Trinajstić information content (AvgIpc) is 2.59. The Labute approximate surface area is 83.2 Å². The minimum absolute atomic E-state index is 0.0398. The SMILES string of the molecule is COCCCNC(=O)C1CNC(=O)C1. The molecule has 1 aliphatic rings. The molecule has 1 unspecified atom stereocenters. The third-order valence-electron chi connectivity index (χ3n) is 2.17. The molecule has 2 amide bonds. The van der Waals surface area contributed by atoms with E-state index in [9.17, 15) is 9.59 Å². The maximum Gasteiger partial charge on any atom is 0.225 e. The Bertz CT molecular complexity index is 218. The summed E-state index contributed by atoms with van der Waals surface area (Å²) in [5.74, 6) is -0.272. The Balaban J connectivity index is 2.12. The predicted octanol–water partition coefficient (Wildman–Crippen LogP) is -0.725. The zero-order valence-corrected chi connectivity index (χ0v) is 8.34. The zero-order valence-electron chi connectivity index (χ0n) is 8.34. The molecule has 2 N–H and O–H groups in total. The van der Waals surface area contributed by atoms with Crippen molar-refractivity contribution in [3.05, 3.63) is 0 Å². The van der Waals surface area contributed by atoms with E-state index in [1.807, 2.05) is 0 Å². The summed E-state index contributed by atoms with van der Waals surface area (Å²) < 4.78 is 4.85. The standard InChI is InChI=1S/C9H16N2O3/c1-14-4-2-3-10-9(13)7-5-8(12)11-6-7/h7H,2-6H2,1H3,(H,10,13)(H,11,12). The van der Waals surface area contributed by atoms with Gasteiger partial charge in [-0.2, -0.15) is 0 Å². The van der Waals surface area contributed by atoms with E-state index in [0.717, 1.165) is 6.42 Å². The van der Waals surface area contributed by atoms with Crippen LogP contribution < -0.4 is 10.6 Å². The van der Waals surface area contributed by atoms with E-state index in [4.69, 9.17) is 4.74 Å².